The van der Waals surface area contributed by atoms with Gasteiger partial charge < -0.3 is 46.0 Å². The lowest BCUT2D eigenvalue weighted by atomic mass is 9.85. The maximum absolute atomic E-state index is 12.9. The molecule has 14 heteroatoms. The smallest absolute Gasteiger partial charge is 0.389 e. The zero-order valence-corrected chi connectivity index (χ0v) is 35.4. The van der Waals surface area contributed by atoms with Crippen molar-refractivity contribution in [3.05, 3.63) is 60.8 Å². The summed E-state index contributed by atoms with van der Waals surface area (Å²) in [4.78, 5) is 23.3. The molecule has 8 unspecified atom stereocenters. The summed E-state index contributed by atoms with van der Waals surface area (Å²) in [5.74, 6) is -0.678. The number of rotatable bonds is 33. The van der Waals surface area contributed by atoms with E-state index >= 15 is 0 Å². The summed E-state index contributed by atoms with van der Waals surface area (Å²) in [6, 6.07) is -1.29. The Hall–Kier alpha value is -2.00. The van der Waals surface area contributed by atoms with E-state index in [1.54, 1.807) is 12.2 Å². The molecular formula is C43H76NO12P. The molecule has 330 valence electrons. The minimum atomic E-state index is -5.16. The normalized spacial score (nSPS) is 24.6. The first-order valence-electron chi connectivity index (χ1n) is 21.3. The van der Waals surface area contributed by atoms with E-state index in [2.05, 4.69) is 43.5 Å². The van der Waals surface area contributed by atoms with Crippen LogP contribution in [0.25, 0.3) is 0 Å². The molecule has 13 nitrogen and oxygen atoms in total. The summed E-state index contributed by atoms with van der Waals surface area (Å²) in [6.07, 6.45) is 24.9. The molecule has 0 bridgehead atoms. The molecule has 1 rings (SSSR count). The second-order valence-corrected chi connectivity index (χ2v) is 16.4. The molecule has 0 saturated heterocycles. The Morgan fingerprint density at radius 3 is 1.61 bits per heavy atom. The first kappa shape index (κ1) is 53.0. The van der Waals surface area contributed by atoms with Crippen LogP contribution in [0, 0.1) is 0 Å². The molecule has 1 fully saturated rings. The monoisotopic (exact) mass is 830 g/mol. The highest BCUT2D eigenvalue weighted by Gasteiger charge is 2.51. The second kappa shape index (κ2) is 32.8. The van der Waals surface area contributed by atoms with Crippen LogP contribution in [0.1, 0.15) is 142 Å². The number of hydrogen-bond acceptors (Lipinski definition) is 11. The van der Waals surface area contributed by atoms with Gasteiger partial charge in [-0.1, -0.05) is 139 Å². The Morgan fingerprint density at radius 1 is 0.614 bits per heavy atom. The van der Waals surface area contributed by atoms with E-state index in [1.165, 1.54) is 82.8 Å². The summed E-state index contributed by atoms with van der Waals surface area (Å²) in [7, 11) is -5.16. The van der Waals surface area contributed by atoms with Gasteiger partial charge in [0.05, 0.1) is 31.3 Å². The third-order valence-corrected chi connectivity index (χ3v) is 10.8. The zero-order chi connectivity index (χ0) is 42.3. The van der Waals surface area contributed by atoms with E-state index in [0.717, 1.165) is 32.1 Å². The predicted molar refractivity (Wildman–Crippen MR) is 224 cm³/mol. The van der Waals surface area contributed by atoms with E-state index < -0.39 is 75.2 Å². The van der Waals surface area contributed by atoms with Crippen LogP contribution in [0.5, 0.6) is 0 Å². The van der Waals surface area contributed by atoms with E-state index in [9.17, 15) is 50.0 Å². The quantitative estimate of drug-likeness (QED) is 0.0207. The molecule has 1 saturated carbocycles. The van der Waals surface area contributed by atoms with Gasteiger partial charge in [-0.2, -0.15) is 0 Å². The first-order chi connectivity index (χ1) is 27.3. The van der Waals surface area contributed by atoms with Crippen molar-refractivity contribution in [3.63, 3.8) is 0 Å². The van der Waals surface area contributed by atoms with Gasteiger partial charge in [0, 0.05) is 0 Å². The maximum atomic E-state index is 12.9. The van der Waals surface area contributed by atoms with Gasteiger partial charge in [0.15, 0.2) is 0 Å². The molecule has 0 spiro atoms. The Labute approximate surface area is 341 Å². The van der Waals surface area contributed by atoms with Gasteiger partial charge in [-0.05, 0) is 57.8 Å². The van der Waals surface area contributed by atoms with Crippen LogP contribution in [0.3, 0.4) is 0 Å². The summed E-state index contributed by atoms with van der Waals surface area (Å²) >= 11 is 0. The molecule has 0 aliphatic heterocycles. The van der Waals surface area contributed by atoms with Gasteiger partial charge in [-0.25, -0.2) is 4.57 Å². The minimum absolute atomic E-state index is 0.365. The lowest BCUT2D eigenvalue weighted by Gasteiger charge is -2.41. The van der Waals surface area contributed by atoms with Crippen LogP contribution in [0.15, 0.2) is 60.8 Å². The fourth-order valence-electron chi connectivity index (χ4n) is 6.27. The van der Waals surface area contributed by atoms with Crippen molar-refractivity contribution >= 4 is 13.7 Å². The molecular weight excluding hydrogens is 753 g/mol. The molecule has 1 aliphatic carbocycles. The van der Waals surface area contributed by atoms with Gasteiger partial charge in [0.2, 0.25) is 5.91 Å². The number of aliphatic hydroxyl groups excluding tert-OH is 7. The standard InChI is InChI=1S/C43H76NO12P/c1-3-5-7-9-11-13-15-16-17-18-19-21-23-25-27-29-31-36(46)35(33-55-57(53,54)56-43-41(51)39(49)38(48)40(50)42(43)52)44-37(47)32-34(45)30-28-26-24-22-20-14-12-10-8-6-4-2/h16-17,21-24,28-31,34-36,38-43,45-46,48-52H,3-15,18-20,25-27,32-33H2,1-2H3,(H,44,47)(H,53,54)/b17-16+,23-21+,24-22-,30-28-,31-29+. The van der Waals surface area contributed by atoms with Gasteiger partial charge in [-0.15, -0.1) is 0 Å². The number of phosphoric ester groups is 1. The predicted octanol–water partition coefficient (Wildman–Crippen LogP) is 6.14. The Morgan fingerprint density at radius 2 is 1.07 bits per heavy atom. The third kappa shape index (κ3) is 25.3. The van der Waals surface area contributed by atoms with Crippen molar-refractivity contribution in [3.8, 4) is 0 Å². The van der Waals surface area contributed by atoms with Crippen molar-refractivity contribution in [1.29, 1.82) is 0 Å². The highest BCUT2D eigenvalue weighted by molar-refractivity contribution is 7.47. The minimum Gasteiger partial charge on any atom is -0.389 e. The third-order valence-electron chi connectivity index (χ3n) is 9.81. The molecule has 57 heavy (non-hydrogen) atoms. The van der Waals surface area contributed by atoms with Crippen LogP contribution in [0.2, 0.25) is 0 Å². The van der Waals surface area contributed by atoms with Crippen molar-refractivity contribution in [2.24, 2.45) is 0 Å². The van der Waals surface area contributed by atoms with Crippen molar-refractivity contribution in [1.82, 2.24) is 5.32 Å². The molecule has 9 N–H and O–H groups in total. The molecule has 0 radical (unpaired) electrons. The second-order valence-electron chi connectivity index (χ2n) is 15.0. The molecule has 0 aromatic rings. The fourth-order valence-corrected chi connectivity index (χ4v) is 7.24. The first-order valence-corrected chi connectivity index (χ1v) is 22.8. The largest absolute Gasteiger partial charge is 0.472 e. The van der Waals surface area contributed by atoms with Gasteiger partial charge >= 0.3 is 7.82 Å². The number of allylic oxidation sites excluding steroid dienone is 8. The van der Waals surface area contributed by atoms with Crippen molar-refractivity contribution in [2.75, 3.05) is 6.61 Å². The molecule has 1 amide bonds. The van der Waals surface area contributed by atoms with Crippen molar-refractivity contribution < 1.29 is 59.0 Å². The molecule has 1 aliphatic rings. The highest BCUT2D eigenvalue weighted by atomic mass is 31.2. The fraction of sp³-hybridized carbons (Fsp3) is 0.744. The average Bonchev–Trinajstić information content (AvgIpc) is 3.18. The summed E-state index contributed by atoms with van der Waals surface area (Å²) in [5, 5.41) is 74.0. The summed E-state index contributed by atoms with van der Waals surface area (Å²) < 4.78 is 22.7. The van der Waals surface area contributed by atoms with Crippen LogP contribution in [-0.2, 0) is 18.4 Å². The maximum Gasteiger partial charge on any atom is 0.472 e. The number of nitrogens with one attached hydrogen (secondary N) is 1. The van der Waals surface area contributed by atoms with Gasteiger partial charge in [0.25, 0.3) is 0 Å². The molecule has 0 aromatic carbocycles. The Balaban J connectivity index is 2.71. The van der Waals surface area contributed by atoms with Gasteiger partial charge in [0.1, 0.15) is 36.6 Å². The number of aliphatic hydroxyl groups is 7. The Kier molecular flexibility index (Phi) is 30.5. The van der Waals surface area contributed by atoms with Crippen LogP contribution >= 0.6 is 7.82 Å². The Bertz CT molecular complexity index is 1210. The van der Waals surface area contributed by atoms with E-state index in [4.69, 9.17) is 9.05 Å². The average molecular weight is 830 g/mol. The number of unbranched alkanes of at least 4 members (excludes halogenated alkanes) is 14. The summed E-state index contributed by atoms with van der Waals surface area (Å²) in [6.45, 7) is 3.64. The molecule has 0 heterocycles. The van der Waals surface area contributed by atoms with Gasteiger partial charge in [-0.3, -0.25) is 13.8 Å². The number of carbonyl (C=O) groups excluding carboxylic acids is 1. The lowest BCUT2D eigenvalue weighted by Crippen LogP contribution is -2.64. The zero-order valence-electron chi connectivity index (χ0n) is 34.5. The lowest BCUT2D eigenvalue weighted by molar-refractivity contribution is -0.220. The molecule has 0 aromatic heterocycles. The van der Waals surface area contributed by atoms with Crippen LogP contribution < -0.4 is 5.32 Å². The van der Waals surface area contributed by atoms with Crippen molar-refractivity contribution in [2.45, 2.75) is 197 Å². The number of carbonyl (C=O) groups is 1. The topological polar surface area (TPSA) is 226 Å². The number of phosphoric acid groups is 1. The SMILES string of the molecule is CCCCCCCC/C=C\C/C=C\C(O)CC(=O)NC(COP(=O)(O)OC1C(O)C(O)C(O)C(O)C1O)C(O)/C=C/CC/C=C/CC/C=C/CCCCCCCC. The van der Waals surface area contributed by atoms with E-state index in [0.29, 0.717) is 19.3 Å². The van der Waals surface area contributed by atoms with Crippen LogP contribution in [-0.4, -0.2) is 108 Å². The summed E-state index contributed by atoms with van der Waals surface area (Å²) in [5.41, 5.74) is 0. The van der Waals surface area contributed by atoms with Crippen LogP contribution in [0.4, 0.5) is 0 Å². The van der Waals surface area contributed by atoms with E-state index in [-0.39, 0.29) is 6.42 Å². The number of hydrogen-bond donors (Lipinski definition) is 9. The number of amides is 1. The highest BCUT2D eigenvalue weighted by Crippen LogP contribution is 2.47. The van der Waals surface area contributed by atoms with E-state index in [1.807, 2.05) is 12.2 Å². The molecule has 8 atom stereocenters.